The molecule has 0 bridgehead atoms. The van der Waals surface area contributed by atoms with E-state index in [0.717, 1.165) is 53.0 Å². The quantitative estimate of drug-likeness (QED) is 0.229. The number of hydrogen-bond acceptors (Lipinski definition) is 7. The second kappa shape index (κ2) is 18.2. The van der Waals surface area contributed by atoms with Gasteiger partial charge >= 0.3 is 12.2 Å². The van der Waals surface area contributed by atoms with E-state index in [4.69, 9.17) is 9.47 Å². The number of nitrogens with one attached hydrogen (secondary N) is 2. The Balaban J connectivity index is 2.48. The summed E-state index contributed by atoms with van der Waals surface area (Å²) >= 11 is 0. The normalized spacial score (nSPS) is 16.6. The zero-order valence-corrected chi connectivity index (χ0v) is 30.9. The smallest absolute Gasteiger partial charge is 0.425 e. The zero-order chi connectivity index (χ0) is 36.1. The Morgan fingerprint density at radius 2 is 1.56 bits per heavy atom. The fourth-order valence-electron chi connectivity index (χ4n) is 5.04. The van der Waals surface area contributed by atoms with Crippen LogP contribution in [0.4, 0.5) is 9.59 Å². The van der Waals surface area contributed by atoms with Crippen LogP contribution >= 0.6 is 0 Å². The summed E-state index contributed by atoms with van der Waals surface area (Å²) < 4.78 is 11.1. The molecule has 9 nitrogen and oxygen atoms in total. The van der Waals surface area contributed by atoms with Crippen molar-refractivity contribution in [3.63, 3.8) is 0 Å². The van der Waals surface area contributed by atoms with Crippen LogP contribution in [0.3, 0.4) is 0 Å². The number of nitrogens with zero attached hydrogens (tertiary/aromatic N) is 2. The molecule has 262 valence electrons. The third-order valence-corrected chi connectivity index (χ3v) is 7.21. The number of rotatable bonds is 11. The highest BCUT2D eigenvalue weighted by Gasteiger charge is 2.34. The lowest BCUT2D eigenvalue weighted by Crippen LogP contribution is -2.42. The molecule has 1 fully saturated rings. The van der Waals surface area contributed by atoms with Crippen LogP contribution in [-0.2, 0) is 16.0 Å². The SMILES string of the molecule is CC/C=C(/N=C/C=C(C)/C(/C=C/CC)=C1\CCC\C1=C(\C)NCc1cccc(C(=O)NC)c1)N(C(=O)OC(C)(C)C)C(=O)OC(C)(C)C. The summed E-state index contributed by atoms with van der Waals surface area (Å²) in [7, 11) is 1.63. The van der Waals surface area contributed by atoms with Gasteiger partial charge in [-0.25, -0.2) is 14.6 Å². The first-order valence-corrected chi connectivity index (χ1v) is 16.8. The summed E-state index contributed by atoms with van der Waals surface area (Å²) in [6.07, 6.45) is 12.2. The monoisotopic (exact) mass is 660 g/mol. The molecule has 48 heavy (non-hydrogen) atoms. The number of hydrogen-bond donors (Lipinski definition) is 2. The van der Waals surface area contributed by atoms with E-state index in [2.05, 4.69) is 41.6 Å². The van der Waals surface area contributed by atoms with Crippen LogP contribution < -0.4 is 10.6 Å². The molecule has 0 spiro atoms. The Bertz CT molecular complexity index is 1470. The molecule has 1 aliphatic rings. The van der Waals surface area contributed by atoms with Crippen LogP contribution in [0, 0.1) is 0 Å². The molecular weight excluding hydrogens is 604 g/mol. The topological polar surface area (TPSA) is 109 Å². The number of aliphatic imine (C=N–C) groups is 1. The number of benzene rings is 1. The van der Waals surface area contributed by atoms with E-state index in [1.165, 1.54) is 11.1 Å². The number of ether oxygens (including phenoxy) is 2. The maximum absolute atomic E-state index is 13.2. The van der Waals surface area contributed by atoms with E-state index in [1.54, 1.807) is 60.9 Å². The first-order chi connectivity index (χ1) is 22.5. The summed E-state index contributed by atoms with van der Waals surface area (Å²) in [5.41, 5.74) is 5.81. The minimum absolute atomic E-state index is 0.106. The van der Waals surface area contributed by atoms with Gasteiger partial charge in [0.25, 0.3) is 5.91 Å². The molecule has 0 atom stereocenters. The molecule has 1 saturated carbocycles. The standard InChI is InChI=1S/C39H56N4O5/c1-12-14-20-31(33-22-16-21-32(33)28(4)42-26-29-18-15-19-30(25-29)35(44)40-11)27(3)23-24-41-34(17-13-2)43(36(45)47-38(5,6)7)37(46)48-39(8,9)10/h14-15,17-20,23-25,42H,12-13,16,21-22,26H2,1-11H3,(H,40,44)/b20-14+,27-23+,32-28+,33-31+,34-17-,41-24+. The Morgan fingerprint density at radius 3 is 2.12 bits per heavy atom. The van der Waals surface area contributed by atoms with Crippen LogP contribution in [-0.4, -0.2) is 47.5 Å². The molecule has 1 aliphatic carbocycles. The van der Waals surface area contributed by atoms with Gasteiger partial charge in [0.2, 0.25) is 0 Å². The number of allylic oxidation sites excluding steroid dienone is 9. The predicted octanol–water partition coefficient (Wildman–Crippen LogP) is 9.30. The molecule has 0 aliphatic heterocycles. The van der Waals surface area contributed by atoms with Crippen molar-refractivity contribution in [3.8, 4) is 0 Å². The first-order valence-electron chi connectivity index (χ1n) is 16.8. The fraction of sp³-hybridized carbons (Fsp3) is 0.487. The first kappa shape index (κ1) is 39.8. The number of carbonyl (C=O) groups excluding carboxylic acids is 3. The van der Waals surface area contributed by atoms with E-state index >= 15 is 0 Å². The van der Waals surface area contributed by atoms with Crippen molar-refractivity contribution >= 4 is 24.3 Å². The largest absolute Gasteiger partial charge is 0.443 e. The third-order valence-electron chi connectivity index (χ3n) is 7.21. The van der Waals surface area contributed by atoms with Gasteiger partial charge in [0.05, 0.1) is 0 Å². The zero-order valence-electron chi connectivity index (χ0n) is 30.9. The average Bonchev–Trinajstić information content (AvgIpc) is 3.48. The maximum atomic E-state index is 13.2. The molecule has 3 amide bonds. The van der Waals surface area contributed by atoms with Crippen LogP contribution in [0.5, 0.6) is 0 Å². The molecule has 1 aromatic carbocycles. The molecule has 1 aromatic rings. The van der Waals surface area contributed by atoms with Crippen LogP contribution in [0.2, 0.25) is 0 Å². The van der Waals surface area contributed by atoms with Gasteiger partial charge in [-0.05, 0) is 140 Å². The van der Waals surface area contributed by atoms with E-state index in [-0.39, 0.29) is 11.7 Å². The Kier molecular flexibility index (Phi) is 15.1. The summed E-state index contributed by atoms with van der Waals surface area (Å²) in [5.74, 6) is 0.0242. The lowest BCUT2D eigenvalue weighted by atomic mass is 9.95. The van der Waals surface area contributed by atoms with Crippen molar-refractivity contribution in [2.45, 2.75) is 119 Å². The maximum Gasteiger partial charge on any atom is 0.425 e. The molecule has 2 N–H and O–H groups in total. The minimum Gasteiger partial charge on any atom is -0.443 e. The van der Waals surface area contributed by atoms with Crippen LogP contribution in [0.1, 0.15) is 117 Å². The lowest BCUT2D eigenvalue weighted by molar-refractivity contribution is 0.00804. The molecule has 0 heterocycles. The minimum atomic E-state index is -0.855. The van der Waals surface area contributed by atoms with Crippen molar-refractivity contribution in [3.05, 3.63) is 93.5 Å². The summed E-state index contributed by atoms with van der Waals surface area (Å²) in [4.78, 5) is 44.0. The highest BCUT2D eigenvalue weighted by atomic mass is 16.6. The Morgan fingerprint density at radius 1 is 0.938 bits per heavy atom. The number of amides is 3. The fourth-order valence-corrected chi connectivity index (χ4v) is 5.04. The van der Waals surface area contributed by atoms with Gasteiger partial charge in [-0.1, -0.05) is 38.1 Å². The molecule has 9 heteroatoms. The van der Waals surface area contributed by atoms with E-state index < -0.39 is 23.4 Å². The molecule has 0 saturated heterocycles. The molecular formula is C39H56N4O5. The van der Waals surface area contributed by atoms with Gasteiger partial charge in [-0.15, -0.1) is 0 Å². The van der Waals surface area contributed by atoms with Gasteiger partial charge in [0, 0.05) is 31.1 Å². The van der Waals surface area contributed by atoms with E-state index in [9.17, 15) is 14.4 Å². The van der Waals surface area contributed by atoms with Gasteiger partial charge < -0.3 is 20.1 Å². The highest BCUT2D eigenvalue weighted by molar-refractivity contribution is 5.94. The second-order valence-electron chi connectivity index (χ2n) is 13.7. The van der Waals surface area contributed by atoms with Gasteiger partial charge in [0.15, 0.2) is 0 Å². The molecule has 0 unspecified atom stereocenters. The Labute approximate surface area is 287 Å². The number of carbonyl (C=O) groups is 3. The van der Waals surface area contributed by atoms with Gasteiger partial charge in [-0.3, -0.25) is 4.79 Å². The molecule has 0 radical (unpaired) electrons. The van der Waals surface area contributed by atoms with Crippen molar-refractivity contribution in [1.29, 1.82) is 0 Å². The number of imide groups is 1. The summed E-state index contributed by atoms with van der Waals surface area (Å²) in [6.45, 7) is 19.2. The van der Waals surface area contributed by atoms with Crippen molar-refractivity contribution in [2.75, 3.05) is 7.05 Å². The van der Waals surface area contributed by atoms with Crippen molar-refractivity contribution < 1.29 is 23.9 Å². The van der Waals surface area contributed by atoms with Crippen LogP contribution in [0.15, 0.2) is 87.4 Å². The van der Waals surface area contributed by atoms with Crippen molar-refractivity contribution in [2.24, 2.45) is 4.99 Å². The second-order valence-corrected chi connectivity index (χ2v) is 13.7. The van der Waals surface area contributed by atoms with Crippen molar-refractivity contribution in [1.82, 2.24) is 15.5 Å². The molecule has 0 aromatic heterocycles. The summed E-state index contributed by atoms with van der Waals surface area (Å²) in [5, 5.41) is 6.27. The van der Waals surface area contributed by atoms with Crippen LogP contribution in [0.25, 0.3) is 0 Å². The predicted molar refractivity (Wildman–Crippen MR) is 195 cm³/mol. The van der Waals surface area contributed by atoms with E-state index in [1.807, 2.05) is 44.2 Å². The van der Waals surface area contributed by atoms with Gasteiger partial charge in [-0.2, -0.15) is 4.90 Å². The van der Waals surface area contributed by atoms with E-state index in [0.29, 0.717) is 18.5 Å². The lowest BCUT2D eigenvalue weighted by Gasteiger charge is -2.28. The summed E-state index contributed by atoms with van der Waals surface area (Å²) in [6, 6.07) is 7.63. The third kappa shape index (κ3) is 12.7. The van der Waals surface area contributed by atoms with Gasteiger partial charge in [0.1, 0.15) is 17.0 Å². The Hall–Kier alpha value is -4.40. The molecule has 2 rings (SSSR count). The average molecular weight is 661 g/mol. The highest BCUT2D eigenvalue weighted by Crippen LogP contribution is 2.37.